The van der Waals surface area contributed by atoms with Gasteiger partial charge in [0.2, 0.25) is 0 Å². The number of aliphatic hydroxyl groups excluding tert-OH is 1. The number of benzene rings is 2. The molecule has 3 fully saturated rings. The Labute approximate surface area is 197 Å². The van der Waals surface area contributed by atoms with Crippen LogP contribution in [0.2, 0.25) is 0 Å². The van der Waals surface area contributed by atoms with Crippen LogP contribution in [0, 0.1) is 5.92 Å². The zero-order chi connectivity index (χ0) is 22.5. The molecule has 2 aromatic carbocycles. The summed E-state index contributed by atoms with van der Waals surface area (Å²) in [4.78, 5) is 4.68. The highest BCUT2D eigenvalue weighted by molar-refractivity contribution is 5.28. The molecule has 1 aliphatic heterocycles. The van der Waals surface area contributed by atoms with Gasteiger partial charge in [-0.15, -0.1) is 0 Å². The molecule has 0 unspecified atom stereocenters. The summed E-state index contributed by atoms with van der Waals surface area (Å²) in [5, 5.41) is 9.21. The predicted octanol–water partition coefficient (Wildman–Crippen LogP) is 5.68. The Morgan fingerprint density at radius 1 is 0.848 bits per heavy atom. The van der Waals surface area contributed by atoms with Crippen LogP contribution in [-0.2, 0) is 16.7 Å². The third kappa shape index (κ3) is 5.23. The summed E-state index contributed by atoms with van der Waals surface area (Å²) >= 11 is 0. The van der Waals surface area contributed by atoms with E-state index in [0.29, 0.717) is 19.1 Å². The molecular formula is C29H36N2O2. The van der Waals surface area contributed by atoms with Gasteiger partial charge in [-0.3, -0.25) is 0 Å². The highest BCUT2D eigenvalue weighted by Crippen LogP contribution is 2.40. The molecule has 0 spiro atoms. The van der Waals surface area contributed by atoms with E-state index in [4.69, 9.17) is 4.74 Å². The van der Waals surface area contributed by atoms with Crippen LogP contribution >= 0.6 is 0 Å². The lowest BCUT2D eigenvalue weighted by Crippen LogP contribution is -2.49. The van der Waals surface area contributed by atoms with Crippen LogP contribution in [0.3, 0.4) is 0 Å². The van der Waals surface area contributed by atoms with Gasteiger partial charge in [-0.1, -0.05) is 60.7 Å². The molecule has 6 rings (SSSR count). The number of ether oxygens (including phenoxy) is 1. The van der Waals surface area contributed by atoms with E-state index in [1.807, 2.05) is 36.5 Å². The van der Waals surface area contributed by atoms with Crippen LogP contribution in [0.5, 0.6) is 0 Å². The molecule has 3 aliphatic rings. The number of aliphatic hydroxyl groups is 1. The maximum Gasteiger partial charge on any atom is 0.111 e. The molecule has 2 heterocycles. The smallest absolute Gasteiger partial charge is 0.111 e. The molecule has 174 valence electrons. The Balaban J connectivity index is 0.000000162. The van der Waals surface area contributed by atoms with Crippen molar-refractivity contribution in [2.75, 3.05) is 19.8 Å². The highest BCUT2D eigenvalue weighted by Gasteiger charge is 2.39. The minimum atomic E-state index is -0.110. The molecule has 4 heteroatoms. The summed E-state index contributed by atoms with van der Waals surface area (Å²) in [5.41, 5.74) is 2.59. The second-order valence-electron chi connectivity index (χ2n) is 10.1. The Bertz CT molecular complexity index is 979. The van der Waals surface area contributed by atoms with E-state index < -0.39 is 0 Å². The van der Waals surface area contributed by atoms with E-state index >= 15 is 0 Å². The standard InChI is InChI=1S/C19H24N2.C10H12O2/c1-2-4-16(5-3-1)17-8-10-18(11-9-17)19-20-12-13-21(19)14-15-6-7-15;11-6-10(7-12-8-10)9-4-2-1-3-5-9/h1-5,12-13,15,17-18H,6-11,14H2;1-5,11H,6-8H2. The minimum Gasteiger partial charge on any atom is -0.395 e. The monoisotopic (exact) mass is 444 g/mol. The summed E-state index contributed by atoms with van der Waals surface area (Å²) in [7, 11) is 0. The Kier molecular flexibility index (Phi) is 6.93. The molecule has 0 radical (unpaired) electrons. The van der Waals surface area contributed by atoms with E-state index in [0.717, 1.165) is 11.8 Å². The molecule has 0 bridgehead atoms. The van der Waals surface area contributed by atoms with Crippen LogP contribution in [0.1, 0.15) is 67.3 Å². The van der Waals surface area contributed by atoms with E-state index in [9.17, 15) is 5.11 Å². The summed E-state index contributed by atoms with van der Waals surface area (Å²) < 4.78 is 7.56. The van der Waals surface area contributed by atoms with Gasteiger partial charge >= 0.3 is 0 Å². The van der Waals surface area contributed by atoms with Crippen LogP contribution in [-0.4, -0.2) is 34.5 Å². The van der Waals surface area contributed by atoms with Crippen molar-refractivity contribution in [2.45, 2.75) is 62.3 Å². The fourth-order valence-corrected chi connectivity index (χ4v) is 5.31. The van der Waals surface area contributed by atoms with Crippen molar-refractivity contribution in [1.29, 1.82) is 0 Å². The van der Waals surface area contributed by atoms with Crippen molar-refractivity contribution < 1.29 is 9.84 Å². The van der Waals surface area contributed by atoms with Crippen molar-refractivity contribution in [3.05, 3.63) is 90.0 Å². The summed E-state index contributed by atoms with van der Waals surface area (Å²) in [6, 6.07) is 21.1. The number of aromatic nitrogens is 2. The van der Waals surface area contributed by atoms with Gasteiger partial charge in [-0.05, 0) is 61.5 Å². The number of hydrogen-bond acceptors (Lipinski definition) is 3. The molecule has 2 aliphatic carbocycles. The van der Waals surface area contributed by atoms with E-state index in [1.54, 1.807) is 0 Å². The van der Waals surface area contributed by atoms with Gasteiger partial charge in [0.25, 0.3) is 0 Å². The predicted molar refractivity (Wildman–Crippen MR) is 131 cm³/mol. The lowest BCUT2D eigenvalue weighted by atomic mass is 9.78. The molecular weight excluding hydrogens is 408 g/mol. The van der Waals surface area contributed by atoms with Gasteiger partial charge in [-0.2, -0.15) is 0 Å². The zero-order valence-corrected chi connectivity index (χ0v) is 19.5. The first-order valence-electron chi connectivity index (χ1n) is 12.6. The highest BCUT2D eigenvalue weighted by atomic mass is 16.5. The molecule has 3 aromatic rings. The molecule has 33 heavy (non-hydrogen) atoms. The van der Waals surface area contributed by atoms with Crippen LogP contribution in [0.25, 0.3) is 0 Å². The Hall–Kier alpha value is -2.43. The van der Waals surface area contributed by atoms with Gasteiger partial charge < -0.3 is 14.4 Å². The number of hydrogen-bond donors (Lipinski definition) is 1. The van der Waals surface area contributed by atoms with Crippen LogP contribution in [0.4, 0.5) is 0 Å². The third-order valence-electron chi connectivity index (χ3n) is 7.71. The van der Waals surface area contributed by atoms with E-state index in [1.165, 1.54) is 62.0 Å². The van der Waals surface area contributed by atoms with Crippen LogP contribution in [0.15, 0.2) is 73.1 Å². The van der Waals surface area contributed by atoms with Crippen molar-refractivity contribution in [2.24, 2.45) is 5.92 Å². The maximum absolute atomic E-state index is 9.21. The third-order valence-corrected chi connectivity index (χ3v) is 7.71. The van der Waals surface area contributed by atoms with Crippen molar-refractivity contribution >= 4 is 0 Å². The zero-order valence-electron chi connectivity index (χ0n) is 19.5. The SMILES string of the molecule is OCC1(c2ccccc2)COC1.c1ccc(C2CCC(c3nccn3CC3CC3)CC2)cc1. The summed E-state index contributed by atoms with van der Waals surface area (Å²) in [6.07, 6.45) is 12.2. The molecule has 1 saturated heterocycles. The Morgan fingerprint density at radius 2 is 1.48 bits per heavy atom. The number of imidazole rings is 1. The van der Waals surface area contributed by atoms with Crippen molar-refractivity contribution in [3.63, 3.8) is 0 Å². The van der Waals surface area contributed by atoms with E-state index in [2.05, 4.69) is 46.1 Å². The van der Waals surface area contributed by atoms with Gasteiger partial charge in [0.1, 0.15) is 5.82 Å². The van der Waals surface area contributed by atoms with Gasteiger partial charge in [0.15, 0.2) is 0 Å². The molecule has 2 saturated carbocycles. The van der Waals surface area contributed by atoms with E-state index in [-0.39, 0.29) is 12.0 Å². The minimum absolute atomic E-state index is 0.110. The fraction of sp³-hybridized carbons (Fsp3) is 0.483. The second-order valence-corrected chi connectivity index (χ2v) is 10.1. The van der Waals surface area contributed by atoms with Crippen molar-refractivity contribution in [3.8, 4) is 0 Å². The topological polar surface area (TPSA) is 47.3 Å². The number of nitrogens with zero attached hydrogens (tertiary/aromatic N) is 2. The average molecular weight is 445 g/mol. The fourth-order valence-electron chi connectivity index (χ4n) is 5.31. The van der Waals surface area contributed by atoms with Crippen molar-refractivity contribution in [1.82, 2.24) is 9.55 Å². The molecule has 0 atom stereocenters. The molecule has 4 nitrogen and oxygen atoms in total. The molecule has 0 amide bonds. The van der Waals surface area contributed by atoms with Gasteiger partial charge in [-0.25, -0.2) is 4.98 Å². The normalized spacial score (nSPS) is 23.8. The van der Waals surface area contributed by atoms with Gasteiger partial charge in [0, 0.05) is 24.9 Å². The average Bonchev–Trinajstić information content (AvgIpc) is 3.55. The summed E-state index contributed by atoms with van der Waals surface area (Å²) in [6.45, 7) is 2.67. The molecule has 1 aromatic heterocycles. The first kappa shape index (κ1) is 22.4. The van der Waals surface area contributed by atoms with Gasteiger partial charge in [0.05, 0.1) is 25.2 Å². The summed E-state index contributed by atoms with van der Waals surface area (Å²) in [5.74, 6) is 3.72. The second kappa shape index (κ2) is 10.2. The largest absolute Gasteiger partial charge is 0.395 e. The quantitative estimate of drug-likeness (QED) is 0.532. The maximum atomic E-state index is 9.21. The number of rotatable bonds is 6. The van der Waals surface area contributed by atoms with Crippen LogP contribution < -0.4 is 0 Å². The molecule has 1 N–H and O–H groups in total. The lowest BCUT2D eigenvalue weighted by Gasteiger charge is -2.40. The first-order valence-corrected chi connectivity index (χ1v) is 12.6. The lowest BCUT2D eigenvalue weighted by molar-refractivity contribution is -0.0841. The first-order chi connectivity index (χ1) is 16.3. The Morgan fingerprint density at radius 3 is 2.06 bits per heavy atom.